The molecule has 4 heteroatoms. The molecule has 0 aromatic carbocycles. The number of nitrogens with two attached hydrogens (primary N) is 1. The number of carbonyl (C=O) groups excluding carboxylic acids is 1. The molecule has 0 aromatic heterocycles. The van der Waals surface area contributed by atoms with E-state index in [1.165, 1.54) is 25.7 Å². The first-order valence-electron chi connectivity index (χ1n) is 7.41. The Balaban J connectivity index is 0.00000180. The highest BCUT2D eigenvalue weighted by Crippen LogP contribution is 2.49. The minimum atomic E-state index is -0.405. The number of hydrogen-bond donors (Lipinski definition) is 2. The summed E-state index contributed by atoms with van der Waals surface area (Å²) in [5.41, 5.74) is 5.78. The molecule has 2 rings (SSSR count). The van der Waals surface area contributed by atoms with Gasteiger partial charge in [0.05, 0.1) is 6.04 Å². The van der Waals surface area contributed by atoms with Crippen LogP contribution in [0.2, 0.25) is 0 Å². The number of carbonyl (C=O) groups is 1. The summed E-state index contributed by atoms with van der Waals surface area (Å²) in [6.45, 7) is 6.82. The molecule has 2 aliphatic rings. The van der Waals surface area contributed by atoms with Crippen LogP contribution in [-0.2, 0) is 4.79 Å². The Hall–Kier alpha value is -0.280. The van der Waals surface area contributed by atoms with E-state index in [0.717, 1.165) is 30.7 Å². The van der Waals surface area contributed by atoms with E-state index < -0.39 is 6.04 Å². The molecule has 2 saturated carbocycles. The molecule has 19 heavy (non-hydrogen) atoms. The van der Waals surface area contributed by atoms with Gasteiger partial charge in [-0.3, -0.25) is 4.79 Å². The molecule has 2 fully saturated rings. The van der Waals surface area contributed by atoms with E-state index in [2.05, 4.69) is 5.32 Å². The maximum atomic E-state index is 11.9. The summed E-state index contributed by atoms with van der Waals surface area (Å²) in [6, 6.07) is -0.405. The molecule has 112 valence electrons. The van der Waals surface area contributed by atoms with Crippen LogP contribution in [0.25, 0.3) is 0 Å². The van der Waals surface area contributed by atoms with Gasteiger partial charge in [-0.1, -0.05) is 27.2 Å². The molecule has 0 aromatic rings. The van der Waals surface area contributed by atoms with E-state index in [1.54, 1.807) is 0 Å². The zero-order valence-electron chi connectivity index (χ0n) is 12.4. The lowest BCUT2D eigenvalue weighted by Crippen LogP contribution is -2.48. The average molecular weight is 289 g/mol. The molecule has 0 spiro atoms. The first-order chi connectivity index (χ1) is 8.38. The van der Waals surface area contributed by atoms with Gasteiger partial charge in [0.1, 0.15) is 0 Å². The number of halogens is 1. The Morgan fingerprint density at radius 2 is 2.00 bits per heavy atom. The third-order valence-electron chi connectivity index (χ3n) is 4.91. The van der Waals surface area contributed by atoms with Crippen molar-refractivity contribution in [2.24, 2.45) is 28.9 Å². The van der Waals surface area contributed by atoms with Crippen molar-refractivity contribution < 1.29 is 4.79 Å². The zero-order chi connectivity index (χ0) is 13.3. The summed E-state index contributed by atoms with van der Waals surface area (Å²) in [5.74, 6) is 2.80. The monoisotopic (exact) mass is 288 g/mol. The minimum Gasteiger partial charge on any atom is -0.355 e. The van der Waals surface area contributed by atoms with Crippen LogP contribution in [0.15, 0.2) is 0 Å². The van der Waals surface area contributed by atoms with Crippen LogP contribution in [-0.4, -0.2) is 18.5 Å². The Labute approximate surface area is 123 Å². The Morgan fingerprint density at radius 3 is 2.47 bits per heavy atom. The van der Waals surface area contributed by atoms with Crippen LogP contribution in [0.3, 0.4) is 0 Å². The van der Waals surface area contributed by atoms with Crippen LogP contribution in [0.5, 0.6) is 0 Å². The van der Waals surface area contributed by atoms with Gasteiger partial charge < -0.3 is 11.1 Å². The molecule has 3 nitrogen and oxygen atoms in total. The topological polar surface area (TPSA) is 55.1 Å². The van der Waals surface area contributed by atoms with Crippen molar-refractivity contribution >= 4 is 18.3 Å². The molecule has 0 saturated heterocycles. The first-order valence-corrected chi connectivity index (χ1v) is 7.41. The predicted molar refractivity (Wildman–Crippen MR) is 81.2 cm³/mol. The highest BCUT2D eigenvalue weighted by molar-refractivity contribution is 5.85. The molecular weight excluding hydrogens is 260 g/mol. The van der Waals surface area contributed by atoms with Crippen molar-refractivity contribution in [3.63, 3.8) is 0 Å². The third-order valence-corrected chi connectivity index (χ3v) is 4.91. The Bertz CT molecular complexity index is 314. The Morgan fingerprint density at radius 1 is 1.32 bits per heavy atom. The minimum absolute atomic E-state index is 0. The number of nitrogens with one attached hydrogen (secondary N) is 1. The van der Waals surface area contributed by atoms with Crippen LogP contribution >= 0.6 is 12.4 Å². The average Bonchev–Trinajstić information content (AvgIpc) is 2.88. The highest BCUT2D eigenvalue weighted by Gasteiger charge is 2.39. The normalized spacial score (nSPS) is 30.8. The number of amides is 1. The van der Waals surface area contributed by atoms with Crippen molar-refractivity contribution in [1.29, 1.82) is 0 Å². The van der Waals surface area contributed by atoms with Crippen LogP contribution < -0.4 is 11.1 Å². The SMILES string of the molecule is CC(C)(C)[C@H](N)C(=O)NCCC1CC2CCC1C2.Cl. The predicted octanol–water partition coefficient (Wildman–Crippen LogP) is 2.72. The quantitative estimate of drug-likeness (QED) is 0.836. The second-order valence-electron chi connectivity index (χ2n) is 7.36. The molecule has 3 unspecified atom stereocenters. The molecule has 4 atom stereocenters. The smallest absolute Gasteiger partial charge is 0.237 e. The largest absolute Gasteiger partial charge is 0.355 e. The highest BCUT2D eigenvalue weighted by atomic mass is 35.5. The molecule has 0 heterocycles. The van der Waals surface area contributed by atoms with Crippen molar-refractivity contribution in [2.45, 2.75) is 58.9 Å². The first kappa shape index (κ1) is 16.8. The van der Waals surface area contributed by atoms with Crippen molar-refractivity contribution in [1.82, 2.24) is 5.32 Å². The fraction of sp³-hybridized carbons (Fsp3) is 0.933. The van der Waals surface area contributed by atoms with Gasteiger partial charge in [0.25, 0.3) is 0 Å². The molecule has 0 aliphatic heterocycles. The van der Waals surface area contributed by atoms with Crippen LogP contribution in [0, 0.1) is 23.2 Å². The molecule has 2 aliphatic carbocycles. The van der Waals surface area contributed by atoms with E-state index in [4.69, 9.17) is 5.73 Å². The summed E-state index contributed by atoms with van der Waals surface area (Å²) in [6.07, 6.45) is 6.85. The molecular formula is C15H29ClN2O. The fourth-order valence-electron chi connectivity index (χ4n) is 3.61. The van der Waals surface area contributed by atoms with Gasteiger partial charge in [-0.25, -0.2) is 0 Å². The summed E-state index contributed by atoms with van der Waals surface area (Å²) in [7, 11) is 0. The van der Waals surface area contributed by atoms with Gasteiger partial charge in [-0.2, -0.15) is 0 Å². The molecule has 2 bridgehead atoms. The Kier molecular flexibility index (Phi) is 5.69. The van der Waals surface area contributed by atoms with Gasteiger partial charge in [0.2, 0.25) is 5.91 Å². The standard InChI is InChI=1S/C15H28N2O.ClH/c1-15(2,3)13(16)14(18)17-7-6-12-9-10-4-5-11(12)8-10;/h10-13H,4-9,16H2,1-3H3,(H,17,18);1H/t10?,11?,12?,13-;/m1./s1. The maximum absolute atomic E-state index is 11.9. The number of hydrogen-bond acceptors (Lipinski definition) is 2. The van der Waals surface area contributed by atoms with Gasteiger partial charge in [0.15, 0.2) is 0 Å². The fourth-order valence-corrected chi connectivity index (χ4v) is 3.61. The lowest BCUT2D eigenvalue weighted by atomic mass is 9.85. The number of rotatable bonds is 4. The summed E-state index contributed by atoms with van der Waals surface area (Å²) in [4.78, 5) is 11.9. The molecule has 0 radical (unpaired) electrons. The second-order valence-corrected chi connectivity index (χ2v) is 7.36. The van der Waals surface area contributed by atoms with E-state index in [0.29, 0.717) is 0 Å². The zero-order valence-corrected chi connectivity index (χ0v) is 13.3. The lowest BCUT2D eigenvalue weighted by molar-refractivity contribution is -0.124. The third kappa shape index (κ3) is 4.09. The van der Waals surface area contributed by atoms with E-state index in [-0.39, 0.29) is 23.7 Å². The van der Waals surface area contributed by atoms with Gasteiger partial charge in [0, 0.05) is 6.54 Å². The molecule has 1 amide bonds. The van der Waals surface area contributed by atoms with Crippen LogP contribution in [0.1, 0.15) is 52.9 Å². The van der Waals surface area contributed by atoms with Crippen LogP contribution in [0.4, 0.5) is 0 Å². The van der Waals surface area contributed by atoms with E-state index in [9.17, 15) is 4.79 Å². The number of fused-ring (bicyclic) bond motifs is 2. The lowest BCUT2D eigenvalue weighted by Gasteiger charge is -2.26. The molecule has 3 N–H and O–H groups in total. The van der Waals surface area contributed by atoms with Gasteiger partial charge >= 0.3 is 0 Å². The van der Waals surface area contributed by atoms with Crippen molar-refractivity contribution in [3.05, 3.63) is 0 Å². The van der Waals surface area contributed by atoms with E-state index in [1.807, 2.05) is 20.8 Å². The van der Waals surface area contributed by atoms with Gasteiger partial charge in [-0.15, -0.1) is 12.4 Å². The van der Waals surface area contributed by atoms with Gasteiger partial charge in [-0.05, 0) is 48.9 Å². The van der Waals surface area contributed by atoms with Crippen molar-refractivity contribution in [3.8, 4) is 0 Å². The van der Waals surface area contributed by atoms with Crippen molar-refractivity contribution in [2.75, 3.05) is 6.54 Å². The summed E-state index contributed by atoms with van der Waals surface area (Å²) in [5, 5.41) is 3.01. The summed E-state index contributed by atoms with van der Waals surface area (Å²) >= 11 is 0. The van der Waals surface area contributed by atoms with E-state index >= 15 is 0 Å². The second kappa shape index (κ2) is 6.45. The summed E-state index contributed by atoms with van der Waals surface area (Å²) < 4.78 is 0. The maximum Gasteiger partial charge on any atom is 0.237 e.